The first-order valence-corrected chi connectivity index (χ1v) is 8.30. The molecule has 0 aliphatic heterocycles. The molecule has 0 aliphatic carbocycles. The topological polar surface area (TPSA) is 104 Å². The highest BCUT2D eigenvalue weighted by atomic mass is 16.5. The molecule has 2 aromatic heterocycles. The molecule has 26 heavy (non-hydrogen) atoms. The maximum Gasteiger partial charge on any atom is 0.298 e. The summed E-state index contributed by atoms with van der Waals surface area (Å²) in [4.78, 5) is 27.4. The van der Waals surface area contributed by atoms with Gasteiger partial charge in [-0.25, -0.2) is 0 Å². The van der Waals surface area contributed by atoms with E-state index in [0.29, 0.717) is 10.9 Å². The van der Waals surface area contributed by atoms with E-state index in [1.54, 1.807) is 12.3 Å². The van der Waals surface area contributed by atoms with Crippen LogP contribution < -0.4 is 10.3 Å². The Bertz CT molecular complexity index is 968. The van der Waals surface area contributed by atoms with Crippen LogP contribution in [0.4, 0.5) is 0 Å². The van der Waals surface area contributed by atoms with Gasteiger partial charge in [-0.2, -0.15) is 4.98 Å². The number of hydrogen-bond acceptors (Lipinski definition) is 6. The quantitative estimate of drug-likeness (QED) is 0.640. The molecule has 3 aromatic rings. The van der Waals surface area contributed by atoms with Crippen molar-refractivity contribution in [3.05, 3.63) is 64.7 Å². The SMILES string of the molecule is CCC(N=CC(C=N)Oc1nc2cnccc2c(=O)[nH]1)c1ccccc1. The summed E-state index contributed by atoms with van der Waals surface area (Å²) in [6, 6.07) is 11.5. The van der Waals surface area contributed by atoms with E-state index < -0.39 is 6.10 Å². The Morgan fingerprint density at radius 1 is 1.31 bits per heavy atom. The fourth-order valence-electron chi connectivity index (χ4n) is 2.55. The molecule has 3 rings (SSSR count). The molecule has 0 spiro atoms. The van der Waals surface area contributed by atoms with Crippen LogP contribution in [0.25, 0.3) is 10.9 Å². The minimum absolute atomic E-state index is 0.0185. The average molecular weight is 349 g/mol. The predicted octanol–water partition coefficient (Wildman–Crippen LogP) is 2.94. The van der Waals surface area contributed by atoms with Gasteiger partial charge >= 0.3 is 0 Å². The number of rotatable bonds is 7. The maximum absolute atomic E-state index is 12.1. The molecule has 2 unspecified atom stereocenters. The van der Waals surface area contributed by atoms with Crippen molar-refractivity contribution in [2.24, 2.45) is 4.99 Å². The zero-order valence-electron chi connectivity index (χ0n) is 14.3. The smallest absolute Gasteiger partial charge is 0.298 e. The van der Waals surface area contributed by atoms with Gasteiger partial charge in [0.25, 0.3) is 11.6 Å². The lowest BCUT2D eigenvalue weighted by Gasteiger charge is -2.13. The number of aromatic nitrogens is 3. The molecule has 0 saturated carbocycles. The van der Waals surface area contributed by atoms with Crippen LogP contribution in [-0.2, 0) is 0 Å². The van der Waals surface area contributed by atoms with Gasteiger partial charge in [0.1, 0.15) is 0 Å². The highest BCUT2D eigenvalue weighted by Crippen LogP contribution is 2.20. The standard InChI is InChI=1S/C19H19N5O2/c1-2-16(13-6-4-3-5-7-13)22-11-14(10-20)26-19-23-17-12-21-9-8-15(17)18(25)24-19/h3-12,14,16,20H,2H2,1H3,(H,23,24,25). The first-order chi connectivity index (χ1) is 12.7. The summed E-state index contributed by atoms with van der Waals surface area (Å²) in [5.74, 6) is 0. The van der Waals surface area contributed by atoms with Crippen molar-refractivity contribution in [2.75, 3.05) is 0 Å². The number of aromatic amines is 1. The number of hydrogen-bond donors (Lipinski definition) is 2. The number of fused-ring (bicyclic) bond motifs is 1. The summed E-state index contributed by atoms with van der Waals surface area (Å²) in [6.07, 6.45) is 5.78. The third-order valence-electron chi connectivity index (χ3n) is 3.88. The Balaban J connectivity index is 1.79. The zero-order chi connectivity index (χ0) is 18.4. The number of aliphatic imine (C=N–C) groups is 1. The van der Waals surface area contributed by atoms with Gasteiger partial charge in [0, 0.05) is 18.6 Å². The molecule has 7 nitrogen and oxygen atoms in total. The summed E-state index contributed by atoms with van der Waals surface area (Å²) in [6.45, 7) is 2.05. The van der Waals surface area contributed by atoms with E-state index in [2.05, 4.69) is 19.9 Å². The third-order valence-corrected chi connectivity index (χ3v) is 3.88. The van der Waals surface area contributed by atoms with Gasteiger partial charge in [0.2, 0.25) is 0 Å². The minimum atomic E-state index is -0.731. The van der Waals surface area contributed by atoms with Gasteiger partial charge in [-0.1, -0.05) is 37.3 Å². The Morgan fingerprint density at radius 2 is 2.12 bits per heavy atom. The van der Waals surface area contributed by atoms with Crippen LogP contribution in [0, 0.1) is 5.41 Å². The van der Waals surface area contributed by atoms with Crippen molar-refractivity contribution in [2.45, 2.75) is 25.5 Å². The molecule has 1 aromatic carbocycles. The molecule has 0 amide bonds. The van der Waals surface area contributed by atoms with E-state index in [0.717, 1.165) is 18.2 Å². The fourth-order valence-corrected chi connectivity index (χ4v) is 2.55. The van der Waals surface area contributed by atoms with E-state index in [1.807, 2.05) is 37.3 Å². The third kappa shape index (κ3) is 4.00. The van der Waals surface area contributed by atoms with E-state index in [4.69, 9.17) is 10.1 Å². The van der Waals surface area contributed by atoms with Crippen LogP contribution in [0.2, 0.25) is 0 Å². The second kappa shape index (κ2) is 8.15. The summed E-state index contributed by atoms with van der Waals surface area (Å²) in [5.41, 5.74) is 1.21. The van der Waals surface area contributed by atoms with Gasteiger partial charge in [-0.15, -0.1) is 0 Å². The van der Waals surface area contributed by atoms with Crippen molar-refractivity contribution in [3.63, 3.8) is 0 Å². The van der Waals surface area contributed by atoms with Gasteiger partial charge < -0.3 is 10.1 Å². The molecule has 0 fully saturated rings. The van der Waals surface area contributed by atoms with Crippen LogP contribution >= 0.6 is 0 Å². The number of H-pyrrole nitrogens is 1. The maximum atomic E-state index is 12.1. The highest BCUT2D eigenvalue weighted by Gasteiger charge is 2.11. The first-order valence-electron chi connectivity index (χ1n) is 8.30. The normalized spacial score (nSPS) is 13.6. The first kappa shape index (κ1) is 17.5. The predicted molar refractivity (Wildman–Crippen MR) is 101 cm³/mol. The van der Waals surface area contributed by atoms with E-state index >= 15 is 0 Å². The summed E-state index contributed by atoms with van der Waals surface area (Å²) >= 11 is 0. The second-order valence-electron chi connectivity index (χ2n) is 5.65. The Labute approximate surface area is 150 Å². The molecule has 132 valence electrons. The number of nitrogens with zero attached hydrogens (tertiary/aromatic N) is 3. The molecule has 2 N–H and O–H groups in total. The fraction of sp³-hybridized carbons (Fsp3) is 0.211. The van der Waals surface area contributed by atoms with Crippen LogP contribution in [0.15, 0.2) is 58.6 Å². The van der Waals surface area contributed by atoms with E-state index in [9.17, 15) is 4.79 Å². The highest BCUT2D eigenvalue weighted by molar-refractivity contribution is 5.85. The Hall–Kier alpha value is -3.35. The number of ether oxygens (including phenoxy) is 1. The monoisotopic (exact) mass is 349 g/mol. The van der Waals surface area contributed by atoms with Gasteiger partial charge in [0.05, 0.1) is 23.1 Å². The zero-order valence-corrected chi connectivity index (χ0v) is 14.3. The molecular weight excluding hydrogens is 330 g/mol. The Morgan fingerprint density at radius 3 is 2.85 bits per heavy atom. The molecule has 0 aliphatic rings. The number of benzene rings is 1. The van der Waals surface area contributed by atoms with Gasteiger partial charge in [-0.05, 0) is 18.1 Å². The number of pyridine rings is 1. The van der Waals surface area contributed by atoms with Crippen LogP contribution in [0.1, 0.15) is 24.9 Å². The molecule has 0 radical (unpaired) electrons. The van der Waals surface area contributed by atoms with Crippen molar-refractivity contribution in [3.8, 4) is 6.01 Å². The van der Waals surface area contributed by atoms with Crippen LogP contribution in [-0.4, -0.2) is 33.5 Å². The molecule has 0 bridgehead atoms. The molecule has 0 saturated heterocycles. The van der Waals surface area contributed by atoms with Crippen LogP contribution in [0.3, 0.4) is 0 Å². The van der Waals surface area contributed by atoms with Crippen molar-refractivity contribution >= 4 is 23.3 Å². The Kier molecular flexibility index (Phi) is 5.48. The van der Waals surface area contributed by atoms with Crippen molar-refractivity contribution < 1.29 is 4.74 Å². The summed E-state index contributed by atoms with van der Waals surface area (Å²) in [5, 5.41) is 7.99. The molecule has 2 heterocycles. The van der Waals surface area contributed by atoms with Gasteiger partial charge in [0.15, 0.2) is 6.10 Å². The molecule has 7 heteroatoms. The van der Waals surface area contributed by atoms with Crippen LogP contribution in [0.5, 0.6) is 6.01 Å². The molecule has 2 atom stereocenters. The minimum Gasteiger partial charge on any atom is -0.450 e. The number of nitrogens with one attached hydrogen (secondary N) is 2. The summed E-state index contributed by atoms with van der Waals surface area (Å²) < 4.78 is 5.60. The van der Waals surface area contributed by atoms with E-state index in [1.165, 1.54) is 12.4 Å². The van der Waals surface area contributed by atoms with Gasteiger partial charge in [-0.3, -0.25) is 19.8 Å². The lowest BCUT2D eigenvalue weighted by molar-refractivity contribution is 0.308. The molecular formula is C19H19N5O2. The van der Waals surface area contributed by atoms with Crippen molar-refractivity contribution in [1.29, 1.82) is 5.41 Å². The van der Waals surface area contributed by atoms with E-state index in [-0.39, 0.29) is 17.6 Å². The second-order valence-corrected chi connectivity index (χ2v) is 5.65. The largest absolute Gasteiger partial charge is 0.450 e. The lowest BCUT2D eigenvalue weighted by Crippen LogP contribution is -2.23. The van der Waals surface area contributed by atoms with Crippen molar-refractivity contribution in [1.82, 2.24) is 15.0 Å². The summed E-state index contributed by atoms with van der Waals surface area (Å²) in [7, 11) is 0. The lowest BCUT2D eigenvalue weighted by atomic mass is 10.1. The average Bonchev–Trinajstić information content (AvgIpc) is 2.68.